The summed E-state index contributed by atoms with van der Waals surface area (Å²) < 4.78 is 10.9. The van der Waals surface area contributed by atoms with E-state index in [2.05, 4.69) is 46.5 Å². The van der Waals surface area contributed by atoms with Crippen molar-refractivity contribution in [1.82, 2.24) is 20.5 Å². The molecule has 2 aromatic rings. The SMILES string of the molecule is CCNC(=NCc1nc(C)c(C)s1)NCC(c1ccc(OC)cc1)N1CCOCC1. The summed E-state index contributed by atoms with van der Waals surface area (Å²) in [5.74, 6) is 1.69. The first-order valence-corrected chi connectivity index (χ1v) is 11.3. The summed E-state index contributed by atoms with van der Waals surface area (Å²) in [4.78, 5) is 13.1. The van der Waals surface area contributed by atoms with E-state index < -0.39 is 0 Å². The lowest BCUT2D eigenvalue weighted by atomic mass is 10.0. The minimum Gasteiger partial charge on any atom is -0.497 e. The molecule has 1 unspecified atom stereocenters. The Labute approximate surface area is 183 Å². The van der Waals surface area contributed by atoms with E-state index in [0.717, 1.165) is 61.8 Å². The second kappa shape index (κ2) is 11.3. The highest BCUT2D eigenvalue weighted by Crippen LogP contribution is 2.24. The number of hydrogen-bond donors (Lipinski definition) is 2. The van der Waals surface area contributed by atoms with Crippen LogP contribution in [0.2, 0.25) is 0 Å². The van der Waals surface area contributed by atoms with Crippen molar-refractivity contribution < 1.29 is 9.47 Å². The quantitative estimate of drug-likeness (QED) is 0.495. The Kier molecular flexibility index (Phi) is 8.48. The molecule has 164 valence electrons. The van der Waals surface area contributed by atoms with Crippen LogP contribution in [0.1, 0.15) is 34.1 Å². The molecule has 2 heterocycles. The molecule has 0 aliphatic carbocycles. The van der Waals surface area contributed by atoms with E-state index in [9.17, 15) is 0 Å². The van der Waals surface area contributed by atoms with Crippen LogP contribution >= 0.6 is 11.3 Å². The first kappa shape index (κ1) is 22.5. The molecule has 1 aliphatic rings. The lowest BCUT2D eigenvalue weighted by molar-refractivity contribution is 0.0170. The van der Waals surface area contributed by atoms with Crippen molar-refractivity contribution in [3.05, 3.63) is 45.4 Å². The Bertz CT molecular complexity index is 796. The Morgan fingerprint density at radius 3 is 2.57 bits per heavy atom. The third kappa shape index (κ3) is 6.17. The predicted octanol–water partition coefficient (Wildman–Crippen LogP) is 2.90. The maximum atomic E-state index is 5.56. The van der Waals surface area contributed by atoms with Crippen molar-refractivity contribution >= 4 is 17.3 Å². The number of aromatic nitrogens is 1. The fourth-order valence-electron chi connectivity index (χ4n) is 3.46. The molecule has 1 aromatic heterocycles. The van der Waals surface area contributed by atoms with E-state index in [1.54, 1.807) is 18.4 Å². The molecular formula is C22H33N5O2S. The normalized spacial score (nSPS) is 16.3. The van der Waals surface area contributed by atoms with Gasteiger partial charge in [0.2, 0.25) is 0 Å². The van der Waals surface area contributed by atoms with Crippen molar-refractivity contribution in [1.29, 1.82) is 0 Å². The van der Waals surface area contributed by atoms with Gasteiger partial charge in [-0.25, -0.2) is 9.98 Å². The topological polar surface area (TPSA) is 71.0 Å². The molecule has 0 bridgehead atoms. The zero-order valence-corrected chi connectivity index (χ0v) is 19.2. The Morgan fingerprint density at radius 1 is 1.23 bits per heavy atom. The number of aryl methyl sites for hydroxylation is 2. The van der Waals surface area contributed by atoms with Crippen molar-refractivity contribution in [3.63, 3.8) is 0 Å². The van der Waals surface area contributed by atoms with E-state index in [-0.39, 0.29) is 6.04 Å². The van der Waals surface area contributed by atoms with E-state index in [1.165, 1.54) is 10.4 Å². The summed E-state index contributed by atoms with van der Waals surface area (Å²) in [5.41, 5.74) is 2.35. The number of aliphatic imine (C=N–C) groups is 1. The summed E-state index contributed by atoms with van der Waals surface area (Å²) in [6, 6.07) is 8.57. The van der Waals surface area contributed by atoms with E-state index >= 15 is 0 Å². The summed E-state index contributed by atoms with van der Waals surface area (Å²) in [6.07, 6.45) is 0. The molecule has 0 saturated carbocycles. The average molecular weight is 432 g/mol. The first-order valence-electron chi connectivity index (χ1n) is 10.5. The molecule has 1 atom stereocenters. The van der Waals surface area contributed by atoms with E-state index in [0.29, 0.717) is 6.54 Å². The smallest absolute Gasteiger partial charge is 0.191 e. The van der Waals surface area contributed by atoms with Gasteiger partial charge in [0.15, 0.2) is 5.96 Å². The molecule has 7 nitrogen and oxygen atoms in total. The molecule has 8 heteroatoms. The van der Waals surface area contributed by atoms with Crippen LogP contribution in [0, 0.1) is 13.8 Å². The van der Waals surface area contributed by atoms with Gasteiger partial charge in [0.25, 0.3) is 0 Å². The second-order valence-electron chi connectivity index (χ2n) is 7.26. The molecule has 0 radical (unpaired) electrons. The molecule has 3 rings (SSSR count). The Hall–Kier alpha value is -2.16. The van der Waals surface area contributed by atoms with Crippen molar-refractivity contribution in [3.8, 4) is 5.75 Å². The lowest BCUT2D eigenvalue weighted by Gasteiger charge is -2.35. The number of ether oxygens (including phenoxy) is 2. The predicted molar refractivity (Wildman–Crippen MR) is 123 cm³/mol. The lowest BCUT2D eigenvalue weighted by Crippen LogP contribution is -2.46. The third-order valence-electron chi connectivity index (χ3n) is 5.24. The summed E-state index contributed by atoms with van der Waals surface area (Å²) in [5, 5.41) is 7.94. The Morgan fingerprint density at radius 2 is 1.97 bits per heavy atom. The minimum absolute atomic E-state index is 0.230. The van der Waals surface area contributed by atoms with Crippen molar-refractivity contribution in [2.45, 2.75) is 33.4 Å². The van der Waals surface area contributed by atoms with E-state index in [1.807, 2.05) is 19.1 Å². The molecule has 30 heavy (non-hydrogen) atoms. The highest BCUT2D eigenvalue weighted by Gasteiger charge is 2.23. The van der Waals surface area contributed by atoms with Crippen molar-refractivity contribution in [2.24, 2.45) is 4.99 Å². The number of thiazole rings is 1. The highest BCUT2D eigenvalue weighted by atomic mass is 32.1. The van der Waals surface area contributed by atoms with Gasteiger partial charge in [0, 0.05) is 31.1 Å². The third-order valence-corrected chi connectivity index (χ3v) is 6.30. The summed E-state index contributed by atoms with van der Waals surface area (Å²) in [7, 11) is 1.70. The number of guanidine groups is 1. The van der Waals surface area contributed by atoms with Crippen LogP contribution in [-0.4, -0.2) is 62.3 Å². The monoisotopic (exact) mass is 431 g/mol. The number of nitrogens with one attached hydrogen (secondary N) is 2. The van der Waals surface area contributed by atoms with Gasteiger partial charge >= 0.3 is 0 Å². The van der Waals surface area contributed by atoms with Crippen LogP contribution in [-0.2, 0) is 11.3 Å². The van der Waals surface area contributed by atoms with Gasteiger partial charge < -0.3 is 20.1 Å². The minimum atomic E-state index is 0.230. The molecule has 1 fully saturated rings. The van der Waals surface area contributed by atoms with Crippen LogP contribution in [0.5, 0.6) is 5.75 Å². The van der Waals surface area contributed by atoms with Crippen LogP contribution in [0.25, 0.3) is 0 Å². The van der Waals surface area contributed by atoms with Gasteiger partial charge in [-0.15, -0.1) is 11.3 Å². The van der Waals surface area contributed by atoms with Crippen LogP contribution < -0.4 is 15.4 Å². The number of rotatable bonds is 8. The van der Waals surface area contributed by atoms with Gasteiger partial charge in [-0.1, -0.05) is 12.1 Å². The van der Waals surface area contributed by atoms with Crippen LogP contribution in [0.3, 0.4) is 0 Å². The van der Waals surface area contributed by atoms with Gasteiger partial charge in [-0.3, -0.25) is 4.90 Å². The zero-order chi connectivity index (χ0) is 21.3. The van der Waals surface area contributed by atoms with Gasteiger partial charge in [0.05, 0.1) is 38.6 Å². The summed E-state index contributed by atoms with van der Waals surface area (Å²) in [6.45, 7) is 11.8. The number of benzene rings is 1. The largest absolute Gasteiger partial charge is 0.497 e. The molecule has 0 amide bonds. The molecule has 0 spiro atoms. The standard InChI is InChI=1S/C22H33N5O2S/c1-5-23-22(25-15-21-26-16(2)17(3)30-21)24-14-20(27-10-12-29-13-11-27)18-6-8-19(28-4)9-7-18/h6-9,20H,5,10-15H2,1-4H3,(H2,23,24,25). The van der Waals surface area contributed by atoms with Gasteiger partial charge in [-0.2, -0.15) is 0 Å². The highest BCUT2D eigenvalue weighted by molar-refractivity contribution is 7.11. The molecular weight excluding hydrogens is 398 g/mol. The molecule has 1 aliphatic heterocycles. The average Bonchev–Trinajstić information content (AvgIpc) is 3.10. The first-order chi connectivity index (χ1) is 14.6. The zero-order valence-electron chi connectivity index (χ0n) is 18.4. The van der Waals surface area contributed by atoms with Crippen molar-refractivity contribution in [2.75, 3.05) is 46.5 Å². The molecule has 1 aromatic carbocycles. The summed E-state index contributed by atoms with van der Waals surface area (Å²) >= 11 is 1.71. The van der Waals surface area contributed by atoms with Gasteiger partial charge in [0.1, 0.15) is 10.8 Å². The number of morpholine rings is 1. The maximum absolute atomic E-state index is 5.56. The van der Waals surface area contributed by atoms with Crippen LogP contribution in [0.4, 0.5) is 0 Å². The Balaban J connectivity index is 1.71. The molecule has 1 saturated heterocycles. The fourth-order valence-corrected chi connectivity index (χ4v) is 4.32. The number of hydrogen-bond acceptors (Lipinski definition) is 6. The van der Waals surface area contributed by atoms with E-state index in [4.69, 9.17) is 14.5 Å². The number of methoxy groups -OCH3 is 1. The molecule has 2 N–H and O–H groups in total. The van der Waals surface area contributed by atoms with Gasteiger partial charge in [-0.05, 0) is 38.5 Å². The number of nitrogens with zero attached hydrogens (tertiary/aromatic N) is 3. The van der Waals surface area contributed by atoms with Crippen LogP contribution in [0.15, 0.2) is 29.3 Å². The fraction of sp³-hybridized carbons (Fsp3) is 0.545. The maximum Gasteiger partial charge on any atom is 0.191 e. The second-order valence-corrected chi connectivity index (χ2v) is 8.55.